The molecule has 2 heterocycles. The summed E-state index contributed by atoms with van der Waals surface area (Å²) in [5.74, 6) is 2.05. The lowest BCUT2D eigenvalue weighted by Crippen LogP contribution is -2.46. The van der Waals surface area contributed by atoms with Gasteiger partial charge in [-0.3, -0.25) is 4.90 Å². The first-order valence-electron chi connectivity index (χ1n) is 8.89. The van der Waals surface area contributed by atoms with Crippen LogP contribution in [0.15, 0.2) is 24.8 Å². The Morgan fingerprint density at radius 2 is 1.39 bits per heavy atom. The van der Waals surface area contributed by atoms with Crippen molar-refractivity contribution in [2.75, 3.05) is 0 Å². The number of unbranched alkanes of at least 4 members (excludes halogenated alkanes) is 2. The molecule has 0 radical (unpaired) electrons. The molecule has 2 aromatic heterocycles. The molecule has 0 saturated carbocycles. The van der Waals surface area contributed by atoms with Gasteiger partial charge in [0.15, 0.2) is 0 Å². The molecule has 0 atom stereocenters. The van der Waals surface area contributed by atoms with Gasteiger partial charge in [0.1, 0.15) is 11.6 Å². The van der Waals surface area contributed by atoms with Crippen molar-refractivity contribution in [1.29, 1.82) is 0 Å². The van der Waals surface area contributed by atoms with Gasteiger partial charge in [-0.15, -0.1) is 0 Å². The highest BCUT2D eigenvalue weighted by molar-refractivity contribution is 4.96. The maximum atomic E-state index is 4.43. The highest BCUT2D eigenvalue weighted by Crippen LogP contribution is 2.30. The van der Waals surface area contributed by atoms with Crippen molar-refractivity contribution in [2.45, 2.75) is 77.9 Å². The maximum Gasteiger partial charge on any atom is 0.120 e. The van der Waals surface area contributed by atoms with Crippen molar-refractivity contribution in [3.8, 4) is 0 Å². The summed E-state index contributed by atoms with van der Waals surface area (Å²) in [4.78, 5) is 17.9. The van der Waals surface area contributed by atoms with Crippen LogP contribution in [0.4, 0.5) is 0 Å². The first-order valence-corrected chi connectivity index (χ1v) is 8.89. The van der Waals surface area contributed by atoms with Gasteiger partial charge in [0.25, 0.3) is 0 Å². The summed E-state index contributed by atoms with van der Waals surface area (Å²) < 4.78 is 0. The first kappa shape index (κ1) is 17.7. The second kappa shape index (κ2) is 8.87. The molecule has 0 saturated heterocycles. The summed E-state index contributed by atoms with van der Waals surface area (Å²) in [7, 11) is 0. The summed E-state index contributed by atoms with van der Waals surface area (Å²) in [5, 5.41) is 0. The normalized spacial score (nSPS) is 12.2. The number of hydrogen-bond donors (Lipinski definition) is 2. The minimum absolute atomic E-state index is 0.172. The lowest BCUT2D eigenvalue weighted by Gasteiger charge is -2.41. The van der Waals surface area contributed by atoms with Gasteiger partial charge in [-0.25, -0.2) is 9.97 Å². The van der Waals surface area contributed by atoms with Crippen LogP contribution >= 0.6 is 0 Å². The van der Waals surface area contributed by atoms with Crippen molar-refractivity contribution in [3.05, 3.63) is 36.4 Å². The number of imidazole rings is 2. The van der Waals surface area contributed by atoms with E-state index in [2.05, 4.69) is 45.6 Å². The molecule has 2 N–H and O–H groups in total. The van der Waals surface area contributed by atoms with Crippen molar-refractivity contribution < 1.29 is 0 Å². The number of aromatic nitrogens is 4. The second-order valence-corrected chi connectivity index (χ2v) is 6.63. The molecule has 0 spiro atoms. The lowest BCUT2D eigenvalue weighted by molar-refractivity contribution is 0.0598. The molecular formula is C18H31N5. The summed E-state index contributed by atoms with van der Waals surface area (Å²) in [6.45, 7) is 8.60. The zero-order chi connectivity index (χ0) is 16.5. The monoisotopic (exact) mass is 317 g/mol. The number of rotatable bonds is 11. The second-order valence-electron chi connectivity index (χ2n) is 6.63. The van der Waals surface area contributed by atoms with E-state index >= 15 is 0 Å². The largest absolute Gasteiger partial charge is 0.348 e. The van der Waals surface area contributed by atoms with Gasteiger partial charge < -0.3 is 9.97 Å². The van der Waals surface area contributed by atoms with E-state index in [-0.39, 0.29) is 5.54 Å². The Balaban J connectivity index is 2.18. The third-order valence-corrected chi connectivity index (χ3v) is 4.69. The Kier molecular flexibility index (Phi) is 6.84. The molecule has 128 valence electrons. The minimum Gasteiger partial charge on any atom is -0.348 e. The Bertz CT molecular complexity index is 473. The van der Waals surface area contributed by atoms with Gasteiger partial charge in [0.2, 0.25) is 0 Å². The Hall–Kier alpha value is -1.62. The van der Waals surface area contributed by atoms with E-state index in [0.717, 1.165) is 24.7 Å². The molecule has 0 aromatic carbocycles. The van der Waals surface area contributed by atoms with Crippen LogP contribution in [-0.4, -0.2) is 30.4 Å². The number of H-pyrrole nitrogens is 2. The molecule has 0 aliphatic carbocycles. The number of hydrogen-bond acceptors (Lipinski definition) is 3. The van der Waals surface area contributed by atoms with E-state index < -0.39 is 0 Å². The molecule has 5 heteroatoms. The van der Waals surface area contributed by atoms with E-state index in [1.165, 1.54) is 38.5 Å². The molecule has 0 unspecified atom stereocenters. The van der Waals surface area contributed by atoms with Gasteiger partial charge >= 0.3 is 0 Å². The van der Waals surface area contributed by atoms with E-state index in [4.69, 9.17) is 0 Å². The predicted molar refractivity (Wildman–Crippen MR) is 93.9 cm³/mol. The van der Waals surface area contributed by atoms with Crippen LogP contribution in [0, 0.1) is 0 Å². The third-order valence-electron chi connectivity index (χ3n) is 4.69. The summed E-state index contributed by atoms with van der Waals surface area (Å²) in [6.07, 6.45) is 14.9. The van der Waals surface area contributed by atoms with Crippen molar-refractivity contribution in [1.82, 2.24) is 24.8 Å². The standard InChI is InChI=1S/C18H31N5/c1-4-6-8-18(3,9-7-5-2)23(14-16-19-10-11-20-16)15-17-21-12-13-22-17/h10-13H,4-9,14-15H2,1-3H3,(H,19,20)(H,21,22). The SMILES string of the molecule is CCCCC(C)(CCCC)N(Cc1ncc[nH]1)Cc1ncc[nH]1. The molecule has 5 nitrogen and oxygen atoms in total. The van der Waals surface area contributed by atoms with Crippen LogP contribution in [0.5, 0.6) is 0 Å². The van der Waals surface area contributed by atoms with Gasteiger partial charge in [-0.1, -0.05) is 39.5 Å². The smallest absolute Gasteiger partial charge is 0.120 e. The van der Waals surface area contributed by atoms with E-state index in [1.54, 1.807) is 0 Å². The Morgan fingerprint density at radius 3 is 1.74 bits per heavy atom. The van der Waals surface area contributed by atoms with Crippen LogP contribution < -0.4 is 0 Å². The van der Waals surface area contributed by atoms with Crippen LogP contribution in [0.25, 0.3) is 0 Å². The Labute approximate surface area is 139 Å². The number of nitrogens with one attached hydrogen (secondary N) is 2. The molecule has 2 rings (SSSR count). The molecule has 0 aliphatic rings. The van der Waals surface area contributed by atoms with Crippen molar-refractivity contribution in [3.63, 3.8) is 0 Å². The van der Waals surface area contributed by atoms with E-state index in [9.17, 15) is 0 Å². The fourth-order valence-corrected chi connectivity index (χ4v) is 3.12. The lowest BCUT2D eigenvalue weighted by atomic mass is 9.87. The van der Waals surface area contributed by atoms with Crippen molar-refractivity contribution in [2.24, 2.45) is 0 Å². The highest BCUT2D eigenvalue weighted by Gasteiger charge is 2.31. The topological polar surface area (TPSA) is 60.6 Å². The minimum atomic E-state index is 0.172. The quantitative estimate of drug-likeness (QED) is 0.650. The average molecular weight is 317 g/mol. The fourth-order valence-electron chi connectivity index (χ4n) is 3.12. The summed E-state index contributed by atoms with van der Waals surface area (Å²) in [6, 6.07) is 0. The summed E-state index contributed by atoms with van der Waals surface area (Å²) in [5.41, 5.74) is 0.172. The van der Waals surface area contributed by atoms with Crippen LogP contribution in [0.3, 0.4) is 0 Å². The summed E-state index contributed by atoms with van der Waals surface area (Å²) >= 11 is 0. The highest BCUT2D eigenvalue weighted by atomic mass is 15.2. The van der Waals surface area contributed by atoms with E-state index in [1.807, 2.05) is 24.8 Å². The number of aromatic amines is 2. The molecule has 0 fully saturated rings. The average Bonchev–Trinajstić information content (AvgIpc) is 3.24. The van der Waals surface area contributed by atoms with Gasteiger partial charge in [0.05, 0.1) is 13.1 Å². The zero-order valence-corrected chi connectivity index (χ0v) is 14.8. The molecule has 0 amide bonds. The van der Waals surface area contributed by atoms with Crippen LogP contribution in [-0.2, 0) is 13.1 Å². The fraction of sp³-hybridized carbons (Fsp3) is 0.667. The first-order chi connectivity index (χ1) is 11.2. The van der Waals surface area contributed by atoms with Gasteiger partial charge in [-0.2, -0.15) is 0 Å². The Morgan fingerprint density at radius 1 is 0.913 bits per heavy atom. The maximum absolute atomic E-state index is 4.43. The molecule has 0 bridgehead atoms. The van der Waals surface area contributed by atoms with E-state index in [0.29, 0.717) is 0 Å². The molecule has 23 heavy (non-hydrogen) atoms. The third kappa shape index (κ3) is 5.20. The van der Waals surface area contributed by atoms with Crippen LogP contribution in [0.2, 0.25) is 0 Å². The predicted octanol–water partition coefficient (Wildman–Crippen LogP) is 4.27. The van der Waals surface area contributed by atoms with Gasteiger partial charge in [-0.05, 0) is 19.8 Å². The molecular weight excluding hydrogens is 286 g/mol. The molecule has 0 aliphatic heterocycles. The van der Waals surface area contributed by atoms with Crippen LogP contribution in [0.1, 0.15) is 70.9 Å². The zero-order valence-electron chi connectivity index (χ0n) is 14.8. The molecule has 2 aromatic rings. The van der Waals surface area contributed by atoms with Gasteiger partial charge in [0, 0.05) is 30.3 Å². The van der Waals surface area contributed by atoms with Crippen molar-refractivity contribution >= 4 is 0 Å². The number of nitrogens with zero attached hydrogens (tertiary/aromatic N) is 3.